The van der Waals surface area contributed by atoms with Crippen LogP contribution in [0.5, 0.6) is 0 Å². The van der Waals surface area contributed by atoms with Gasteiger partial charge in [-0.3, -0.25) is 0 Å². The molecule has 0 spiro atoms. The molecule has 0 bridgehead atoms. The Morgan fingerprint density at radius 2 is 1.86 bits per heavy atom. The van der Waals surface area contributed by atoms with Crippen molar-refractivity contribution in [3.05, 3.63) is 0 Å². The van der Waals surface area contributed by atoms with Crippen molar-refractivity contribution in [2.24, 2.45) is 0 Å². The Morgan fingerprint density at radius 3 is 1.86 bits per heavy atom. The minimum atomic E-state index is 0. The molecular weight excluding hydrogens is 154 g/mol. The van der Waals surface area contributed by atoms with Crippen molar-refractivity contribution in [3.8, 4) is 0 Å². The average molecular weight is 163 g/mol. The summed E-state index contributed by atoms with van der Waals surface area (Å²) in [6.07, 6.45) is 0. The van der Waals surface area contributed by atoms with Crippen LogP contribution in [0.2, 0.25) is 0 Å². The van der Waals surface area contributed by atoms with Crippen LogP contribution in [0.3, 0.4) is 0 Å². The van der Waals surface area contributed by atoms with E-state index < -0.39 is 0 Å². The fourth-order valence-corrected chi connectivity index (χ4v) is 0. The molecule has 40 valence electrons. The summed E-state index contributed by atoms with van der Waals surface area (Å²) in [6, 6.07) is 0. The van der Waals surface area contributed by atoms with Crippen LogP contribution in [0.4, 0.5) is 0 Å². The van der Waals surface area contributed by atoms with Gasteiger partial charge in [0.05, 0.1) is 0 Å². The number of thiocarbonyl (C=S) groups is 1. The molecule has 0 aliphatic heterocycles. The van der Waals surface area contributed by atoms with E-state index >= 15 is 0 Å². The van der Waals surface area contributed by atoms with Gasteiger partial charge in [0.2, 0.25) is 0 Å². The molecule has 0 fully saturated rings. The van der Waals surface area contributed by atoms with Crippen molar-refractivity contribution in [2.75, 3.05) is 14.1 Å². The molecule has 0 saturated carbocycles. The number of hydrogen-bond donors (Lipinski definition) is 1. The van der Waals surface area contributed by atoms with Crippen molar-refractivity contribution in [1.82, 2.24) is 4.90 Å². The van der Waals surface area contributed by atoms with Gasteiger partial charge in [0, 0.05) is 14.1 Å². The predicted octanol–water partition coefficient (Wildman–Crippen LogP) is 0.607. The molecule has 0 aromatic heterocycles. The second-order valence-electron chi connectivity index (χ2n) is 1.18. The fraction of sp³-hybridized carbons (Fsp3) is 0.667. The third-order valence-corrected chi connectivity index (χ3v) is 1.15. The topological polar surface area (TPSA) is 3.24 Å². The number of thiol groups is 1. The van der Waals surface area contributed by atoms with Crippen molar-refractivity contribution >= 4 is 66.9 Å². The summed E-state index contributed by atoms with van der Waals surface area (Å²) in [6.45, 7) is 0. The van der Waals surface area contributed by atoms with E-state index in [9.17, 15) is 0 Å². The van der Waals surface area contributed by atoms with Gasteiger partial charge in [0.15, 0.2) is 0 Å². The second-order valence-corrected chi connectivity index (χ2v) is 2.29. The van der Waals surface area contributed by atoms with E-state index in [0.29, 0.717) is 4.32 Å². The first-order chi connectivity index (χ1) is 2.64. The Balaban J connectivity index is -0.0000000417. The van der Waals surface area contributed by atoms with E-state index in [-0.39, 0.29) is 40.6 Å². The van der Waals surface area contributed by atoms with Gasteiger partial charge >= 0.3 is 37.7 Å². The molecule has 0 N–H and O–H groups in total. The molecule has 1 nitrogen and oxygen atoms in total. The number of hydrogen-bond acceptors (Lipinski definition) is 1. The standard InChI is InChI=1S/C3H7NS2.Ca.2H/c1-4(2)3(5)6;;;/h1-2H3,(H,5,6);;;/q;+2;2*-1. The van der Waals surface area contributed by atoms with Crippen molar-refractivity contribution in [3.63, 3.8) is 0 Å². The molecule has 0 radical (unpaired) electrons. The Labute approximate surface area is 87.8 Å². The van der Waals surface area contributed by atoms with E-state index in [2.05, 4.69) is 24.8 Å². The SMILES string of the molecule is CN(C)C(=S)S.[Ca+2].[H-].[H-]. The van der Waals surface area contributed by atoms with Gasteiger partial charge in [0.1, 0.15) is 4.32 Å². The molecule has 0 rings (SSSR count). The maximum Gasteiger partial charge on any atom is 2.00 e. The summed E-state index contributed by atoms with van der Waals surface area (Å²) < 4.78 is 0.620. The van der Waals surface area contributed by atoms with Crippen molar-refractivity contribution < 1.29 is 2.85 Å². The fourth-order valence-electron chi connectivity index (χ4n) is 0. The predicted molar refractivity (Wildman–Crippen MR) is 43.2 cm³/mol. The Hall–Kier alpha value is 1.50. The van der Waals surface area contributed by atoms with Gasteiger partial charge in [-0.25, -0.2) is 0 Å². The molecule has 7 heavy (non-hydrogen) atoms. The molecule has 0 aliphatic rings. The normalized spacial score (nSPS) is 6.71. The van der Waals surface area contributed by atoms with E-state index in [1.54, 1.807) is 4.90 Å². The summed E-state index contributed by atoms with van der Waals surface area (Å²) in [7, 11) is 3.71. The van der Waals surface area contributed by atoms with Gasteiger partial charge in [-0.2, -0.15) is 0 Å². The van der Waals surface area contributed by atoms with E-state index in [0.717, 1.165) is 0 Å². The third kappa shape index (κ3) is 7.50. The Kier molecular flexibility index (Phi) is 9.11. The van der Waals surface area contributed by atoms with Gasteiger partial charge in [-0.1, -0.05) is 12.2 Å². The summed E-state index contributed by atoms with van der Waals surface area (Å²) in [5.74, 6) is 0. The molecule has 0 aliphatic carbocycles. The zero-order valence-electron chi connectivity index (χ0n) is 6.51. The van der Waals surface area contributed by atoms with Gasteiger partial charge in [-0.05, 0) is 0 Å². The third-order valence-electron chi connectivity index (χ3n) is 0.383. The second kappa shape index (κ2) is 5.63. The van der Waals surface area contributed by atoms with E-state index in [4.69, 9.17) is 0 Å². The molecule has 0 atom stereocenters. The monoisotopic (exact) mass is 163 g/mol. The summed E-state index contributed by atoms with van der Waals surface area (Å²) in [5.41, 5.74) is 0. The van der Waals surface area contributed by atoms with Crippen molar-refractivity contribution in [1.29, 1.82) is 0 Å². The Morgan fingerprint density at radius 1 is 1.71 bits per heavy atom. The quantitative estimate of drug-likeness (QED) is 0.317. The summed E-state index contributed by atoms with van der Waals surface area (Å²) >= 11 is 8.46. The minimum Gasteiger partial charge on any atom is -1.00 e. The summed E-state index contributed by atoms with van der Waals surface area (Å²) in [5, 5.41) is 0. The van der Waals surface area contributed by atoms with E-state index in [1.807, 2.05) is 14.1 Å². The minimum absolute atomic E-state index is 0. The molecule has 0 aromatic rings. The zero-order valence-corrected chi connectivity index (χ0v) is 8.43. The molecule has 0 heterocycles. The average Bonchev–Trinajstić information content (AvgIpc) is 1.36. The Bertz CT molecular complexity index is 70.8. The molecular formula is C3H9CaNS2. The number of nitrogens with zero attached hydrogens (tertiary/aromatic N) is 1. The summed E-state index contributed by atoms with van der Waals surface area (Å²) in [4.78, 5) is 1.76. The van der Waals surface area contributed by atoms with Crippen LogP contribution < -0.4 is 0 Å². The van der Waals surface area contributed by atoms with Crippen LogP contribution in [0.15, 0.2) is 0 Å². The smallest absolute Gasteiger partial charge is 1.00 e. The molecule has 0 amide bonds. The largest absolute Gasteiger partial charge is 2.00 e. The van der Waals surface area contributed by atoms with Crippen molar-refractivity contribution in [2.45, 2.75) is 0 Å². The van der Waals surface area contributed by atoms with Gasteiger partial charge < -0.3 is 7.75 Å². The molecule has 0 unspecified atom stereocenters. The molecule has 0 aromatic carbocycles. The maximum absolute atomic E-state index is 4.61. The zero-order chi connectivity index (χ0) is 5.15. The first kappa shape index (κ1) is 11.3. The molecule has 0 saturated heterocycles. The first-order valence-corrected chi connectivity index (χ1v) is 2.40. The molecule has 4 heteroatoms. The van der Waals surface area contributed by atoms with Crippen LogP contribution in [0.1, 0.15) is 2.85 Å². The van der Waals surface area contributed by atoms with Crippen LogP contribution >= 0.6 is 24.8 Å². The van der Waals surface area contributed by atoms with Crippen LogP contribution in [0, 0.1) is 0 Å². The maximum atomic E-state index is 4.61. The van der Waals surface area contributed by atoms with Crippen LogP contribution in [-0.4, -0.2) is 61.1 Å². The first-order valence-electron chi connectivity index (χ1n) is 1.55. The van der Waals surface area contributed by atoms with E-state index in [1.165, 1.54) is 0 Å². The van der Waals surface area contributed by atoms with Gasteiger partial charge in [-0.15, -0.1) is 12.6 Å². The van der Waals surface area contributed by atoms with Crippen LogP contribution in [0.25, 0.3) is 0 Å². The number of rotatable bonds is 0. The van der Waals surface area contributed by atoms with Gasteiger partial charge in [0.25, 0.3) is 0 Å². The van der Waals surface area contributed by atoms with Crippen LogP contribution in [-0.2, 0) is 0 Å².